The van der Waals surface area contributed by atoms with Gasteiger partial charge in [-0.2, -0.15) is 5.26 Å². The van der Waals surface area contributed by atoms with E-state index in [0.717, 1.165) is 12.8 Å². The van der Waals surface area contributed by atoms with Crippen molar-refractivity contribution in [3.05, 3.63) is 23.9 Å². The summed E-state index contributed by atoms with van der Waals surface area (Å²) >= 11 is 0. The van der Waals surface area contributed by atoms with E-state index >= 15 is 0 Å². The minimum Gasteiger partial charge on any atom is -0.475 e. The van der Waals surface area contributed by atoms with E-state index < -0.39 is 0 Å². The van der Waals surface area contributed by atoms with E-state index in [4.69, 9.17) is 14.7 Å². The zero-order chi connectivity index (χ0) is 17.6. The summed E-state index contributed by atoms with van der Waals surface area (Å²) < 4.78 is 11.1. The number of carbonyl (C=O) groups is 1. The molecule has 130 valence electrons. The molecule has 24 heavy (non-hydrogen) atoms. The lowest BCUT2D eigenvalue weighted by molar-refractivity contribution is -0.0168. The summed E-state index contributed by atoms with van der Waals surface area (Å²) in [7, 11) is 0. The number of nitrogens with zero attached hydrogens (tertiary/aromatic N) is 3. The Morgan fingerprint density at radius 1 is 1.33 bits per heavy atom. The van der Waals surface area contributed by atoms with Crippen molar-refractivity contribution in [3.8, 4) is 11.9 Å². The van der Waals surface area contributed by atoms with Gasteiger partial charge in [0.25, 0.3) is 5.91 Å². The van der Waals surface area contributed by atoms with Crippen molar-refractivity contribution in [3.63, 3.8) is 0 Å². The Morgan fingerprint density at radius 2 is 2.04 bits per heavy atom. The molecule has 1 aromatic rings. The lowest BCUT2D eigenvalue weighted by Crippen LogP contribution is -2.38. The Bertz CT molecular complexity index is 579. The summed E-state index contributed by atoms with van der Waals surface area (Å²) in [5.74, 6) is 0.507. The number of pyridine rings is 1. The van der Waals surface area contributed by atoms with E-state index in [1.807, 2.05) is 20.8 Å². The smallest absolute Gasteiger partial charge is 0.255 e. The van der Waals surface area contributed by atoms with Crippen LogP contribution in [0.25, 0.3) is 0 Å². The third kappa shape index (κ3) is 5.50. The van der Waals surface area contributed by atoms with Crippen molar-refractivity contribution < 1.29 is 14.3 Å². The third-order valence-electron chi connectivity index (χ3n) is 3.82. The van der Waals surface area contributed by atoms with E-state index in [1.54, 1.807) is 23.2 Å². The molecule has 0 aliphatic carbocycles. The predicted molar refractivity (Wildman–Crippen MR) is 89.7 cm³/mol. The van der Waals surface area contributed by atoms with E-state index in [-0.39, 0.29) is 17.4 Å². The number of aromatic nitrogens is 1. The van der Waals surface area contributed by atoms with Gasteiger partial charge in [-0.15, -0.1) is 0 Å². The maximum atomic E-state index is 12.4. The number of amides is 1. The highest BCUT2D eigenvalue weighted by atomic mass is 16.5. The van der Waals surface area contributed by atoms with Gasteiger partial charge >= 0.3 is 0 Å². The van der Waals surface area contributed by atoms with Crippen molar-refractivity contribution >= 4 is 5.91 Å². The molecule has 1 fully saturated rings. The average Bonchev–Trinajstić information content (AvgIpc) is 2.58. The number of hydrogen-bond donors (Lipinski definition) is 0. The second kappa shape index (κ2) is 8.11. The number of hydrogen-bond acceptors (Lipinski definition) is 5. The number of ether oxygens (including phenoxy) is 2. The second-order valence-electron chi connectivity index (χ2n) is 6.89. The van der Waals surface area contributed by atoms with Crippen LogP contribution in [0.15, 0.2) is 18.3 Å². The first-order valence-corrected chi connectivity index (χ1v) is 8.31. The number of piperidine rings is 1. The van der Waals surface area contributed by atoms with Crippen molar-refractivity contribution in [1.29, 1.82) is 5.26 Å². The first-order valence-electron chi connectivity index (χ1n) is 8.31. The van der Waals surface area contributed by atoms with Crippen LogP contribution in [0, 0.1) is 17.2 Å². The summed E-state index contributed by atoms with van der Waals surface area (Å²) in [5, 5.41) is 8.91. The van der Waals surface area contributed by atoms with Crippen LogP contribution in [0.1, 0.15) is 44.0 Å². The van der Waals surface area contributed by atoms with Crippen LogP contribution in [-0.2, 0) is 4.74 Å². The molecule has 2 rings (SSSR count). The SMILES string of the molecule is CC(C)(C)OCCOc1ccc(C(=O)N2CCC(C#N)CC2)cn1. The highest BCUT2D eigenvalue weighted by molar-refractivity contribution is 5.94. The Morgan fingerprint density at radius 3 is 2.58 bits per heavy atom. The van der Waals surface area contributed by atoms with Crippen LogP contribution in [0.2, 0.25) is 0 Å². The Kier molecular flexibility index (Phi) is 6.16. The Labute approximate surface area is 143 Å². The number of likely N-dealkylation sites (tertiary alicyclic amines) is 1. The fraction of sp³-hybridized carbons (Fsp3) is 0.611. The summed E-state index contributed by atoms with van der Waals surface area (Å²) in [5.41, 5.74) is 0.357. The molecule has 1 aliphatic rings. The molecule has 0 aromatic carbocycles. The Hall–Kier alpha value is -2.13. The van der Waals surface area contributed by atoms with Gasteiger partial charge in [0, 0.05) is 31.3 Å². The highest BCUT2D eigenvalue weighted by Crippen LogP contribution is 2.18. The summed E-state index contributed by atoms with van der Waals surface area (Å²) in [4.78, 5) is 18.4. The monoisotopic (exact) mass is 331 g/mol. The molecule has 1 aliphatic heterocycles. The van der Waals surface area contributed by atoms with Crippen LogP contribution in [0.4, 0.5) is 0 Å². The summed E-state index contributed by atoms with van der Waals surface area (Å²) in [6.45, 7) is 8.12. The lowest BCUT2D eigenvalue weighted by atomic mass is 9.98. The molecular weight excluding hydrogens is 306 g/mol. The molecule has 1 saturated heterocycles. The quantitative estimate of drug-likeness (QED) is 0.775. The normalized spacial score (nSPS) is 15.8. The van der Waals surface area contributed by atoms with Crippen molar-refractivity contribution in [2.75, 3.05) is 26.3 Å². The van der Waals surface area contributed by atoms with Crippen LogP contribution in [0.5, 0.6) is 5.88 Å². The van der Waals surface area contributed by atoms with Crippen LogP contribution >= 0.6 is 0 Å². The van der Waals surface area contributed by atoms with E-state index in [9.17, 15) is 4.79 Å². The van der Waals surface area contributed by atoms with Crippen LogP contribution in [-0.4, -0.2) is 47.7 Å². The molecule has 0 saturated carbocycles. The van der Waals surface area contributed by atoms with Crippen molar-refractivity contribution in [1.82, 2.24) is 9.88 Å². The Balaban J connectivity index is 1.81. The second-order valence-corrected chi connectivity index (χ2v) is 6.89. The molecule has 0 bridgehead atoms. The average molecular weight is 331 g/mol. The molecule has 0 radical (unpaired) electrons. The first kappa shape index (κ1) is 18.2. The van der Waals surface area contributed by atoms with E-state index in [2.05, 4.69) is 11.1 Å². The van der Waals surface area contributed by atoms with Gasteiger partial charge in [0.05, 0.1) is 23.8 Å². The van der Waals surface area contributed by atoms with Gasteiger partial charge < -0.3 is 14.4 Å². The number of nitriles is 1. The third-order valence-corrected chi connectivity index (χ3v) is 3.82. The van der Waals surface area contributed by atoms with Crippen molar-refractivity contribution in [2.45, 2.75) is 39.2 Å². The van der Waals surface area contributed by atoms with Gasteiger partial charge in [0.2, 0.25) is 5.88 Å². The number of carbonyl (C=O) groups excluding carboxylic acids is 1. The van der Waals surface area contributed by atoms with E-state index in [0.29, 0.717) is 37.7 Å². The molecule has 0 spiro atoms. The molecule has 1 aromatic heterocycles. The highest BCUT2D eigenvalue weighted by Gasteiger charge is 2.23. The zero-order valence-electron chi connectivity index (χ0n) is 14.6. The van der Waals surface area contributed by atoms with Crippen LogP contribution in [0.3, 0.4) is 0 Å². The molecule has 2 heterocycles. The number of rotatable bonds is 5. The fourth-order valence-corrected chi connectivity index (χ4v) is 2.48. The van der Waals surface area contributed by atoms with Gasteiger partial charge in [0.1, 0.15) is 6.61 Å². The van der Waals surface area contributed by atoms with Crippen LogP contribution < -0.4 is 4.74 Å². The molecule has 0 N–H and O–H groups in total. The molecule has 0 unspecified atom stereocenters. The zero-order valence-corrected chi connectivity index (χ0v) is 14.6. The molecule has 1 amide bonds. The molecular formula is C18H25N3O3. The topological polar surface area (TPSA) is 75.5 Å². The molecule has 6 heteroatoms. The van der Waals surface area contributed by atoms with Crippen molar-refractivity contribution in [2.24, 2.45) is 5.92 Å². The predicted octanol–water partition coefficient (Wildman–Crippen LogP) is 2.65. The summed E-state index contributed by atoms with van der Waals surface area (Å²) in [6.07, 6.45) is 3.02. The minimum atomic E-state index is -0.188. The standard InChI is InChI=1S/C18H25N3O3/c1-18(2,3)24-11-10-23-16-5-4-15(13-20-16)17(22)21-8-6-14(12-19)7-9-21/h4-5,13-14H,6-11H2,1-3H3. The first-order chi connectivity index (χ1) is 11.4. The molecule has 6 nitrogen and oxygen atoms in total. The lowest BCUT2D eigenvalue weighted by Gasteiger charge is -2.29. The van der Waals surface area contributed by atoms with Gasteiger partial charge in [-0.05, 0) is 39.7 Å². The fourth-order valence-electron chi connectivity index (χ4n) is 2.48. The van der Waals surface area contributed by atoms with Gasteiger partial charge in [-0.1, -0.05) is 0 Å². The molecule has 0 atom stereocenters. The minimum absolute atomic E-state index is 0.0403. The van der Waals surface area contributed by atoms with Gasteiger partial charge in [0.15, 0.2) is 0 Å². The largest absolute Gasteiger partial charge is 0.475 e. The summed E-state index contributed by atoms with van der Waals surface area (Å²) in [6, 6.07) is 5.70. The maximum absolute atomic E-state index is 12.4. The van der Waals surface area contributed by atoms with Gasteiger partial charge in [-0.25, -0.2) is 4.98 Å². The van der Waals surface area contributed by atoms with E-state index in [1.165, 1.54) is 0 Å². The van der Waals surface area contributed by atoms with Gasteiger partial charge in [-0.3, -0.25) is 4.79 Å². The maximum Gasteiger partial charge on any atom is 0.255 e.